The molecule has 2 aliphatic heterocycles. The molecular weight excluding hydrogens is 296 g/mol. The number of anilines is 2. The predicted octanol–water partition coefficient (Wildman–Crippen LogP) is 5.55. The van der Waals surface area contributed by atoms with E-state index in [9.17, 15) is 0 Å². The SMILES string of the molecule is CC1(C)CCC(N2c3ccccc3Oc3ccc(Cl)cc32)=N1. The minimum absolute atomic E-state index is 0.0126. The Morgan fingerprint density at radius 2 is 1.86 bits per heavy atom. The number of amidine groups is 1. The highest BCUT2D eigenvalue weighted by molar-refractivity contribution is 6.31. The third kappa shape index (κ3) is 2.17. The van der Waals surface area contributed by atoms with Crippen molar-refractivity contribution in [2.24, 2.45) is 4.99 Å². The number of fused-ring (bicyclic) bond motifs is 2. The molecule has 0 saturated carbocycles. The van der Waals surface area contributed by atoms with Gasteiger partial charge in [-0.05, 0) is 50.6 Å². The van der Waals surface area contributed by atoms with Gasteiger partial charge in [0.05, 0.1) is 16.9 Å². The molecule has 0 aromatic heterocycles. The summed E-state index contributed by atoms with van der Waals surface area (Å²) in [4.78, 5) is 7.10. The van der Waals surface area contributed by atoms with Gasteiger partial charge in [0.1, 0.15) is 5.84 Å². The van der Waals surface area contributed by atoms with Gasteiger partial charge in [0.15, 0.2) is 11.5 Å². The van der Waals surface area contributed by atoms with Crippen LogP contribution in [0.3, 0.4) is 0 Å². The second-order valence-corrected chi connectivity index (χ2v) is 6.79. The molecule has 0 amide bonds. The van der Waals surface area contributed by atoms with Gasteiger partial charge in [-0.1, -0.05) is 23.7 Å². The molecule has 0 spiro atoms. The van der Waals surface area contributed by atoms with E-state index in [1.165, 1.54) is 0 Å². The van der Waals surface area contributed by atoms with E-state index in [1.807, 2.05) is 36.4 Å². The third-order valence-electron chi connectivity index (χ3n) is 4.14. The summed E-state index contributed by atoms with van der Waals surface area (Å²) in [6.07, 6.45) is 2.01. The molecule has 112 valence electrons. The first-order valence-electron chi connectivity index (χ1n) is 7.49. The van der Waals surface area contributed by atoms with Crippen molar-refractivity contribution in [1.29, 1.82) is 0 Å². The molecule has 3 nitrogen and oxygen atoms in total. The highest BCUT2D eigenvalue weighted by Gasteiger charge is 2.33. The van der Waals surface area contributed by atoms with Crippen LogP contribution in [0.2, 0.25) is 5.02 Å². The van der Waals surface area contributed by atoms with Crippen LogP contribution in [0.4, 0.5) is 11.4 Å². The Kier molecular flexibility index (Phi) is 2.95. The third-order valence-corrected chi connectivity index (χ3v) is 4.37. The summed E-state index contributed by atoms with van der Waals surface area (Å²) in [7, 11) is 0. The van der Waals surface area contributed by atoms with Crippen molar-refractivity contribution in [3.63, 3.8) is 0 Å². The average Bonchev–Trinajstić information content (AvgIpc) is 2.84. The summed E-state index contributed by atoms with van der Waals surface area (Å²) in [6.45, 7) is 4.34. The quantitative estimate of drug-likeness (QED) is 0.636. The number of nitrogens with zero attached hydrogens (tertiary/aromatic N) is 2. The number of halogens is 1. The molecule has 2 aromatic carbocycles. The number of rotatable bonds is 0. The molecule has 0 radical (unpaired) electrons. The number of benzene rings is 2. The van der Waals surface area contributed by atoms with Gasteiger partial charge in [0.2, 0.25) is 0 Å². The summed E-state index contributed by atoms with van der Waals surface area (Å²) in [5.41, 5.74) is 1.97. The largest absolute Gasteiger partial charge is 0.453 e. The molecule has 0 saturated heterocycles. The van der Waals surface area contributed by atoms with Crippen molar-refractivity contribution < 1.29 is 4.74 Å². The predicted molar refractivity (Wildman–Crippen MR) is 90.9 cm³/mol. The van der Waals surface area contributed by atoms with E-state index in [0.717, 1.165) is 41.6 Å². The topological polar surface area (TPSA) is 24.8 Å². The Morgan fingerprint density at radius 1 is 1.09 bits per heavy atom. The number of ether oxygens (including phenoxy) is 1. The van der Waals surface area contributed by atoms with Crippen LogP contribution in [0.25, 0.3) is 0 Å². The van der Waals surface area contributed by atoms with E-state index in [4.69, 9.17) is 21.3 Å². The first-order valence-corrected chi connectivity index (χ1v) is 7.87. The van der Waals surface area contributed by atoms with Gasteiger partial charge < -0.3 is 4.74 Å². The van der Waals surface area contributed by atoms with Crippen LogP contribution in [0.15, 0.2) is 47.5 Å². The molecule has 22 heavy (non-hydrogen) atoms. The lowest BCUT2D eigenvalue weighted by atomic mass is 10.0. The second kappa shape index (κ2) is 4.75. The van der Waals surface area contributed by atoms with Gasteiger partial charge in [-0.2, -0.15) is 0 Å². The van der Waals surface area contributed by atoms with E-state index in [1.54, 1.807) is 0 Å². The van der Waals surface area contributed by atoms with Crippen molar-refractivity contribution in [2.75, 3.05) is 4.90 Å². The van der Waals surface area contributed by atoms with Crippen LogP contribution >= 0.6 is 11.6 Å². The molecule has 2 aliphatic rings. The molecule has 0 N–H and O–H groups in total. The molecule has 2 aromatic rings. The Morgan fingerprint density at radius 3 is 2.64 bits per heavy atom. The number of hydrogen-bond donors (Lipinski definition) is 0. The fraction of sp³-hybridized carbons (Fsp3) is 0.278. The molecule has 0 unspecified atom stereocenters. The van der Waals surface area contributed by atoms with Crippen molar-refractivity contribution in [1.82, 2.24) is 0 Å². The molecule has 2 heterocycles. The minimum atomic E-state index is -0.0126. The normalized spacial score (nSPS) is 18.3. The van der Waals surface area contributed by atoms with Crippen LogP contribution < -0.4 is 9.64 Å². The van der Waals surface area contributed by atoms with Gasteiger partial charge >= 0.3 is 0 Å². The van der Waals surface area contributed by atoms with Gasteiger partial charge in [0.25, 0.3) is 0 Å². The maximum absolute atomic E-state index is 6.21. The van der Waals surface area contributed by atoms with Crippen molar-refractivity contribution >= 4 is 28.8 Å². The van der Waals surface area contributed by atoms with Crippen molar-refractivity contribution in [3.05, 3.63) is 47.5 Å². The average molecular weight is 313 g/mol. The fourth-order valence-corrected chi connectivity index (χ4v) is 3.21. The van der Waals surface area contributed by atoms with E-state index in [-0.39, 0.29) is 5.54 Å². The summed E-state index contributed by atoms with van der Waals surface area (Å²) >= 11 is 6.21. The second-order valence-electron chi connectivity index (χ2n) is 6.36. The summed E-state index contributed by atoms with van der Waals surface area (Å²) in [5, 5.41) is 0.699. The Balaban J connectivity index is 1.92. The van der Waals surface area contributed by atoms with Gasteiger partial charge in [0, 0.05) is 11.4 Å². The molecule has 4 heteroatoms. The Labute approximate surface area is 135 Å². The van der Waals surface area contributed by atoms with Crippen LogP contribution in [0, 0.1) is 0 Å². The smallest absolute Gasteiger partial charge is 0.151 e. The lowest BCUT2D eigenvalue weighted by molar-refractivity contribution is 0.477. The van der Waals surface area contributed by atoms with Gasteiger partial charge in [-0.25, -0.2) is 0 Å². The molecule has 0 aliphatic carbocycles. The zero-order chi connectivity index (χ0) is 15.3. The van der Waals surface area contributed by atoms with Crippen molar-refractivity contribution in [3.8, 4) is 11.5 Å². The maximum atomic E-state index is 6.21. The number of aliphatic imine (C=N–C) groups is 1. The summed E-state index contributed by atoms with van der Waals surface area (Å²) in [5.74, 6) is 2.74. The monoisotopic (exact) mass is 312 g/mol. The number of hydrogen-bond acceptors (Lipinski definition) is 3. The molecule has 0 bridgehead atoms. The summed E-state index contributed by atoms with van der Waals surface area (Å²) < 4.78 is 6.02. The van der Waals surface area contributed by atoms with E-state index < -0.39 is 0 Å². The molecule has 0 fully saturated rings. The Bertz CT molecular complexity index is 782. The van der Waals surface area contributed by atoms with Crippen LogP contribution in [0.5, 0.6) is 11.5 Å². The summed E-state index contributed by atoms with van der Waals surface area (Å²) in [6, 6.07) is 13.8. The van der Waals surface area contributed by atoms with Gasteiger partial charge in [-0.3, -0.25) is 9.89 Å². The molecular formula is C18H17ClN2O. The first kappa shape index (κ1) is 13.6. The molecule has 0 atom stereocenters. The fourth-order valence-electron chi connectivity index (χ4n) is 3.05. The van der Waals surface area contributed by atoms with Crippen LogP contribution in [-0.4, -0.2) is 11.4 Å². The highest BCUT2D eigenvalue weighted by atomic mass is 35.5. The van der Waals surface area contributed by atoms with Crippen molar-refractivity contribution in [2.45, 2.75) is 32.2 Å². The maximum Gasteiger partial charge on any atom is 0.151 e. The van der Waals surface area contributed by atoms with Crippen LogP contribution in [0.1, 0.15) is 26.7 Å². The first-order chi connectivity index (χ1) is 10.5. The van der Waals surface area contributed by atoms with E-state index >= 15 is 0 Å². The standard InChI is InChI=1S/C18H17ClN2O/c1-18(2)10-9-17(20-18)21-13-5-3-4-6-15(13)22-16-8-7-12(19)11-14(16)21/h3-8,11H,9-10H2,1-2H3. The van der Waals surface area contributed by atoms with E-state index in [0.29, 0.717) is 5.02 Å². The molecule has 4 rings (SSSR count). The highest BCUT2D eigenvalue weighted by Crippen LogP contribution is 2.48. The minimum Gasteiger partial charge on any atom is -0.453 e. The zero-order valence-electron chi connectivity index (χ0n) is 12.6. The number of para-hydroxylation sites is 2. The zero-order valence-corrected chi connectivity index (χ0v) is 13.4. The lowest BCUT2D eigenvalue weighted by Crippen LogP contribution is -2.27. The van der Waals surface area contributed by atoms with Crippen LogP contribution in [-0.2, 0) is 0 Å². The van der Waals surface area contributed by atoms with Gasteiger partial charge in [-0.15, -0.1) is 0 Å². The van der Waals surface area contributed by atoms with E-state index in [2.05, 4.69) is 24.8 Å². The lowest BCUT2D eigenvalue weighted by Gasteiger charge is -2.32. The Hall–Kier alpha value is -2.00.